The van der Waals surface area contributed by atoms with Crippen molar-refractivity contribution < 1.29 is 4.74 Å². The van der Waals surface area contributed by atoms with E-state index in [2.05, 4.69) is 17.0 Å². The highest BCUT2D eigenvalue weighted by Crippen LogP contribution is 2.28. The van der Waals surface area contributed by atoms with Crippen molar-refractivity contribution >= 4 is 5.69 Å². The summed E-state index contributed by atoms with van der Waals surface area (Å²) in [6.45, 7) is 3.88. The van der Waals surface area contributed by atoms with Crippen molar-refractivity contribution in [1.82, 2.24) is 4.90 Å². The molecule has 14 heavy (non-hydrogen) atoms. The van der Waals surface area contributed by atoms with Crippen LogP contribution in [0, 0.1) is 0 Å². The number of nitrogens with two attached hydrogens (primary N) is 1. The third-order valence-electron chi connectivity index (χ3n) is 3.11. The predicted molar refractivity (Wildman–Crippen MR) is 54.7 cm³/mol. The van der Waals surface area contributed by atoms with E-state index < -0.39 is 0 Å². The fourth-order valence-corrected chi connectivity index (χ4v) is 2.13. The molecule has 0 aromatic heterocycles. The highest BCUT2D eigenvalue weighted by Gasteiger charge is 2.30. The molecule has 3 nitrogen and oxygen atoms in total. The van der Waals surface area contributed by atoms with Gasteiger partial charge >= 0.3 is 0 Å². The number of hydrogen-bond donors (Lipinski definition) is 1. The molecule has 2 heterocycles. The molecule has 0 bridgehead atoms. The zero-order valence-electron chi connectivity index (χ0n) is 8.07. The van der Waals surface area contributed by atoms with Crippen molar-refractivity contribution in [2.24, 2.45) is 0 Å². The van der Waals surface area contributed by atoms with E-state index in [4.69, 9.17) is 10.5 Å². The first-order valence-electron chi connectivity index (χ1n) is 5.02. The molecule has 2 N–H and O–H groups in total. The second kappa shape index (κ2) is 2.97. The van der Waals surface area contributed by atoms with Crippen molar-refractivity contribution in [1.29, 1.82) is 0 Å². The lowest BCUT2D eigenvalue weighted by molar-refractivity contribution is -0.0669. The summed E-state index contributed by atoms with van der Waals surface area (Å²) in [5.74, 6) is 0. The molecule has 2 aliphatic heterocycles. The van der Waals surface area contributed by atoms with Crippen molar-refractivity contribution in [3.05, 3.63) is 29.3 Å². The SMILES string of the molecule is Nc1ccc2c(c1)CN(C1COC1)C2. The molecule has 1 aromatic carbocycles. The number of fused-ring (bicyclic) bond motifs is 1. The zero-order valence-corrected chi connectivity index (χ0v) is 8.07. The van der Waals surface area contributed by atoms with Gasteiger partial charge < -0.3 is 10.5 Å². The van der Waals surface area contributed by atoms with E-state index in [0.29, 0.717) is 6.04 Å². The van der Waals surface area contributed by atoms with Gasteiger partial charge in [0.15, 0.2) is 0 Å². The van der Waals surface area contributed by atoms with E-state index in [0.717, 1.165) is 32.0 Å². The number of hydrogen-bond acceptors (Lipinski definition) is 3. The summed E-state index contributed by atoms with van der Waals surface area (Å²) in [4.78, 5) is 2.47. The molecular formula is C11H14N2O. The topological polar surface area (TPSA) is 38.5 Å². The van der Waals surface area contributed by atoms with E-state index in [1.807, 2.05) is 6.07 Å². The molecule has 0 atom stereocenters. The first-order chi connectivity index (χ1) is 6.83. The second-order valence-corrected chi connectivity index (χ2v) is 4.12. The first kappa shape index (κ1) is 8.26. The summed E-state index contributed by atoms with van der Waals surface area (Å²) >= 11 is 0. The van der Waals surface area contributed by atoms with Crippen LogP contribution in [-0.4, -0.2) is 24.2 Å². The van der Waals surface area contributed by atoms with Gasteiger partial charge in [0.2, 0.25) is 0 Å². The van der Waals surface area contributed by atoms with Crippen LogP contribution in [0.2, 0.25) is 0 Å². The van der Waals surface area contributed by atoms with Crippen LogP contribution in [0.25, 0.3) is 0 Å². The Morgan fingerprint density at radius 3 is 2.71 bits per heavy atom. The van der Waals surface area contributed by atoms with Gasteiger partial charge in [-0.2, -0.15) is 0 Å². The summed E-state index contributed by atoms with van der Waals surface area (Å²) in [6, 6.07) is 6.85. The molecule has 74 valence electrons. The van der Waals surface area contributed by atoms with Crippen LogP contribution in [0.5, 0.6) is 0 Å². The molecular weight excluding hydrogens is 176 g/mol. The van der Waals surface area contributed by atoms with Gasteiger partial charge in [0.25, 0.3) is 0 Å². The number of nitrogens with zero attached hydrogens (tertiary/aromatic N) is 1. The fraction of sp³-hybridized carbons (Fsp3) is 0.455. The van der Waals surface area contributed by atoms with Crippen LogP contribution in [0.3, 0.4) is 0 Å². The van der Waals surface area contributed by atoms with Crippen LogP contribution in [0.15, 0.2) is 18.2 Å². The average molecular weight is 190 g/mol. The molecule has 2 aliphatic rings. The molecule has 1 saturated heterocycles. The van der Waals surface area contributed by atoms with Crippen molar-refractivity contribution in [2.75, 3.05) is 18.9 Å². The maximum Gasteiger partial charge on any atom is 0.0645 e. The van der Waals surface area contributed by atoms with E-state index in [9.17, 15) is 0 Å². The third kappa shape index (κ3) is 1.21. The molecule has 1 aromatic rings. The van der Waals surface area contributed by atoms with E-state index in [1.165, 1.54) is 11.1 Å². The lowest BCUT2D eigenvalue weighted by atomic mass is 10.1. The Kier molecular flexibility index (Phi) is 1.75. The highest BCUT2D eigenvalue weighted by molar-refractivity contribution is 5.46. The Morgan fingerprint density at radius 2 is 2.00 bits per heavy atom. The Morgan fingerprint density at radius 1 is 1.21 bits per heavy atom. The number of nitrogen functional groups attached to an aromatic ring is 1. The fourth-order valence-electron chi connectivity index (χ4n) is 2.13. The van der Waals surface area contributed by atoms with Gasteiger partial charge in [0, 0.05) is 18.8 Å². The number of benzene rings is 1. The Labute approximate surface area is 83.5 Å². The molecule has 3 heteroatoms. The normalized spacial score (nSPS) is 22.0. The van der Waals surface area contributed by atoms with Crippen LogP contribution < -0.4 is 5.73 Å². The largest absolute Gasteiger partial charge is 0.399 e. The molecule has 0 amide bonds. The molecule has 0 unspecified atom stereocenters. The Hall–Kier alpha value is -1.06. The van der Waals surface area contributed by atoms with E-state index in [-0.39, 0.29) is 0 Å². The zero-order chi connectivity index (χ0) is 9.54. The van der Waals surface area contributed by atoms with Gasteiger partial charge in [-0.1, -0.05) is 6.07 Å². The van der Waals surface area contributed by atoms with Gasteiger partial charge in [-0.05, 0) is 23.3 Å². The van der Waals surface area contributed by atoms with Crippen LogP contribution in [0.4, 0.5) is 5.69 Å². The minimum absolute atomic E-state index is 0.628. The summed E-state index contributed by atoms with van der Waals surface area (Å²) in [6.07, 6.45) is 0. The standard InChI is InChI=1S/C11H14N2O/c12-10-2-1-8-4-13(5-9(8)3-10)11-6-14-7-11/h1-3,11H,4-7,12H2. The monoisotopic (exact) mass is 190 g/mol. The minimum atomic E-state index is 0.628. The van der Waals surface area contributed by atoms with Gasteiger partial charge in [-0.15, -0.1) is 0 Å². The van der Waals surface area contributed by atoms with Gasteiger partial charge in [-0.3, -0.25) is 4.90 Å². The molecule has 1 fully saturated rings. The minimum Gasteiger partial charge on any atom is -0.399 e. The average Bonchev–Trinajstić information content (AvgIpc) is 2.43. The Balaban J connectivity index is 1.82. The van der Waals surface area contributed by atoms with Crippen molar-refractivity contribution in [3.8, 4) is 0 Å². The lowest BCUT2D eigenvalue weighted by Crippen LogP contribution is -2.46. The van der Waals surface area contributed by atoms with Crippen LogP contribution >= 0.6 is 0 Å². The number of rotatable bonds is 1. The number of anilines is 1. The smallest absolute Gasteiger partial charge is 0.0645 e. The maximum atomic E-state index is 5.76. The molecule has 3 rings (SSSR count). The third-order valence-corrected chi connectivity index (χ3v) is 3.11. The molecule has 0 aliphatic carbocycles. The Bertz CT molecular complexity index is 360. The number of ether oxygens (including phenoxy) is 1. The molecule has 0 radical (unpaired) electrons. The van der Waals surface area contributed by atoms with Gasteiger partial charge in [0.1, 0.15) is 0 Å². The summed E-state index contributed by atoms with van der Waals surface area (Å²) < 4.78 is 5.20. The van der Waals surface area contributed by atoms with Crippen molar-refractivity contribution in [2.45, 2.75) is 19.1 Å². The lowest BCUT2D eigenvalue weighted by Gasteiger charge is -2.34. The van der Waals surface area contributed by atoms with Crippen LogP contribution in [0.1, 0.15) is 11.1 Å². The quantitative estimate of drug-likeness (QED) is 0.671. The van der Waals surface area contributed by atoms with E-state index >= 15 is 0 Å². The molecule has 0 spiro atoms. The predicted octanol–water partition coefficient (Wildman–Crippen LogP) is 0.983. The van der Waals surface area contributed by atoms with Crippen molar-refractivity contribution in [3.63, 3.8) is 0 Å². The maximum absolute atomic E-state index is 5.76. The highest BCUT2D eigenvalue weighted by atomic mass is 16.5. The van der Waals surface area contributed by atoms with Gasteiger partial charge in [-0.25, -0.2) is 0 Å². The summed E-state index contributed by atoms with van der Waals surface area (Å²) in [5, 5.41) is 0. The first-order valence-corrected chi connectivity index (χ1v) is 5.02. The summed E-state index contributed by atoms with van der Waals surface area (Å²) in [5.41, 5.74) is 9.43. The van der Waals surface area contributed by atoms with Gasteiger partial charge in [0.05, 0.1) is 19.3 Å². The molecule has 0 saturated carbocycles. The summed E-state index contributed by atoms with van der Waals surface area (Å²) in [7, 11) is 0. The van der Waals surface area contributed by atoms with E-state index in [1.54, 1.807) is 0 Å². The van der Waals surface area contributed by atoms with Crippen LogP contribution in [-0.2, 0) is 17.8 Å². The second-order valence-electron chi connectivity index (χ2n) is 4.12.